The zero-order valence-corrected chi connectivity index (χ0v) is 6.87. The predicted molar refractivity (Wildman–Crippen MR) is 43.2 cm³/mol. The van der Waals surface area contributed by atoms with Gasteiger partial charge >= 0.3 is 0 Å². The highest BCUT2D eigenvalue weighted by atomic mass is 35.5. The SMILES string of the molecule is Cl.NCc1cc(F)cc(F)c1O. The largest absolute Gasteiger partial charge is 0.505 e. The molecule has 0 fully saturated rings. The Balaban J connectivity index is 0.00000121. The van der Waals surface area contributed by atoms with Crippen LogP contribution >= 0.6 is 12.4 Å². The first-order valence-electron chi connectivity index (χ1n) is 3.02. The second-order valence-corrected chi connectivity index (χ2v) is 2.10. The van der Waals surface area contributed by atoms with Crippen LogP contribution in [0.1, 0.15) is 5.56 Å². The molecular formula is C7H8ClF2NO. The average molecular weight is 196 g/mol. The maximum absolute atomic E-state index is 12.5. The first kappa shape index (κ1) is 11.1. The van der Waals surface area contributed by atoms with E-state index in [1.807, 2.05) is 0 Å². The highest BCUT2D eigenvalue weighted by molar-refractivity contribution is 5.85. The van der Waals surface area contributed by atoms with E-state index in [-0.39, 0.29) is 24.5 Å². The summed E-state index contributed by atoms with van der Waals surface area (Å²) in [5, 5.41) is 8.90. The topological polar surface area (TPSA) is 46.2 Å². The fourth-order valence-electron chi connectivity index (χ4n) is 0.775. The van der Waals surface area contributed by atoms with Crippen molar-refractivity contribution in [3.05, 3.63) is 29.3 Å². The lowest BCUT2D eigenvalue weighted by Crippen LogP contribution is -1.98. The molecule has 68 valence electrons. The average Bonchev–Trinajstić information content (AvgIpc) is 1.96. The van der Waals surface area contributed by atoms with Gasteiger partial charge in [-0.3, -0.25) is 0 Å². The van der Waals surface area contributed by atoms with Gasteiger partial charge in [0.15, 0.2) is 11.6 Å². The minimum Gasteiger partial charge on any atom is -0.505 e. The minimum atomic E-state index is -0.981. The first-order chi connectivity index (χ1) is 5.15. The van der Waals surface area contributed by atoms with Crippen molar-refractivity contribution in [2.45, 2.75) is 6.54 Å². The van der Waals surface area contributed by atoms with Crippen LogP contribution in [0.3, 0.4) is 0 Å². The van der Waals surface area contributed by atoms with E-state index in [4.69, 9.17) is 10.8 Å². The molecule has 0 aromatic heterocycles. The van der Waals surface area contributed by atoms with Crippen LogP contribution in [0.15, 0.2) is 12.1 Å². The first-order valence-corrected chi connectivity index (χ1v) is 3.02. The van der Waals surface area contributed by atoms with Crippen LogP contribution in [0.25, 0.3) is 0 Å². The molecule has 2 nitrogen and oxygen atoms in total. The predicted octanol–water partition coefficient (Wildman–Crippen LogP) is 1.55. The fraction of sp³-hybridized carbons (Fsp3) is 0.143. The van der Waals surface area contributed by atoms with Gasteiger partial charge in [-0.15, -0.1) is 12.4 Å². The summed E-state index contributed by atoms with van der Waals surface area (Å²) in [5.41, 5.74) is 5.17. The number of nitrogens with two attached hydrogens (primary N) is 1. The van der Waals surface area contributed by atoms with Gasteiger partial charge in [0.25, 0.3) is 0 Å². The highest BCUT2D eigenvalue weighted by Crippen LogP contribution is 2.21. The van der Waals surface area contributed by atoms with Gasteiger partial charge in [-0.1, -0.05) is 0 Å². The summed E-state index contributed by atoms with van der Waals surface area (Å²) in [5.74, 6) is -2.29. The Morgan fingerprint density at radius 1 is 1.33 bits per heavy atom. The van der Waals surface area contributed by atoms with Gasteiger partial charge in [0, 0.05) is 18.2 Å². The van der Waals surface area contributed by atoms with Gasteiger partial charge in [0.2, 0.25) is 0 Å². The Kier molecular flexibility index (Phi) is 3.92. The zero-order valence-electron chi connectivity index (χ0n) is 6.05. The van der Waals surface area contributed by atoms with Crippen LogP contribution < -0.4 is 5.73 Å². The number of halogens is 3. The van der Waals surface area contributed by atoms with E-state index < -0.39 is 17.4 Å². The molecule has 0 heterocycles. The number of hydrogen-bond acceptors (Lipinski definition) is 2. The van der Waals surface area contributed by atoms with Crippen LogP contribution in [0.5, 0.6) is 5.75 Å². The Labute approximate surface area is 74.4 Å². The van der Waals surface area contributed by atoms with Crippen molar-refractivity contribution in [3.63, 3.8) is 0 Å². The quantitative estimate of drug-likeness (QED) is 0.714. The van der Waals surface area contributed by atoms with Crippen molar-refractivity contribution < 1.29 is 13.9 Å². The summed E-state index contributed by atoms with van der Waals surface area (Å²) in [4.78, 5) is 0. The van der Waals surface area contributed by atoms with Gasteiger partial charge < -0.3 is 10.8 Å². The van der Waals surface area contributed by atoms with E-state index in [1.165, 1.54) is 0 Å². The van der Waals surface area contributed by atoms with Gasteiger partial charge in [-0.25, -0.2) is 8.78 Å². The number of rotatable bonds is 1. The Bertz CT molecular complexity index is 280. The van der Waals surface area contributed by atoms with Gasteiger partial charge in [-0.05, 0) is 6.07 Å². The summed E-state index contributed by atoms with van der Waals surface area (Å²) in [6.07, 6.45) is 0. The van der Waals surface area contributed by atoms with Crippen LogP contribution in [0.2, 0.25) is 0 Å². The molecule has 1 rings (SSSR count). The molecule has 12 heavy (non-hydrogen) atoms. The zero-order chi connectivity index (χ0) is 8.43. The van der Waals surface area contributed by atoms with Crippen LogP contribution in [-0.2, 0) is 6.54 Å². The molecule has 3 N–H and O–H groups in total. The molecule has 0 spiro atoms. The molecule has 0 aliphatic rings. The van der Waals surface area contributed by atoms with Crippen LogP contribution in [0.4, 0.5) is 8.78 Å². The normalized spacial score (nSPS) is 9.25. The van der Waals surface area contributed by atoms with Crippen molar-refractivity contribution in [2.24, 2.45) is 5.73 Å². The molecule has 0 unspecified atom stereocenters. The summed E-state index contributed by atoms with van der Waals surface area (Å²) >= 11 is 0. The van der Waals surface area contributed by atoms with Crippen LogP contribution in [0, 0.1) is 11.6 Å². The Morgan fingerprint density at radius 2 is 1.92 bits per heavy atom. The molecule has 5 heteroatoms. The van der Waals surface area contributed by atoms with Gasteiger partial charge in [0.05, 0.1) is 0 Å². The number of hydrogen-bond donors (Lipinski definition) is 2. The fourth-order valence-corrected chi connectivity index (χ4v) is 0.775. The monoisotopic (exact) mass is 195 g/mol. The van der Waals surface area contributed by atoms with Crippen molar-refractivity contribution >= 4 is 12.4 Å². The summed E-state index contributed by atoms with van der Waals surface area (Å²) in [7, 11) is 0. The minimum absolute atomic E-state index is 0. The van der Waals surface area contributed by atoms with Crippen molar-refractivity contribution in [1.29, 1.82) is 0 Å². The molecule has 0 radical (unpaired) electrons. The Hall–Kier alpha value is -0.870. The van der Waals surface area contributed by atoms with E-state index in [0.717, 1.165) is 6.07 Å². The van der Waals surface area contributed by atoms with Gasteiger partial charge in [-0.2, -0.15) is 0 Å². The van der Waals surface area contributed by atoms with Crippen molar-refractivity contribution in [1.82, 2.24) is 0 Å². The van der Waals surface area contributed by atoms with Gasteiger partial charge in [0.1, 0.15) is 5.82 Å². The molecule has 0 amide bonds. The number of phenols is 1. The summed E-state index contributed by atoms with van der Waals surface area (Å²) < 4.78 is 24.9. The van der Waals surface area contributed by atoms with E-state index >= 15 is 0 Å². The summed E-state index contributed by atoms with van der Waals surface area (Å²) in [6, 6.07) is 1.60. The third-order valence-corrected chi connectivity index (χ3v) is 1.33. The van der Waals surface area contributed by atoms with Crippen LogP contribution in [-0.4, -0.2) is 5.11 Å². The molecule has 0 aliphatic carbocycles. The number of phenolic OH excluding ortho intramolecular Hbond substituents is 1. The molecule has 0 saturated heterocycles. The second-order valence-electron chi connectivity index (χ2n) is 2.10. The number of aromatic hydroxyl groups is 1. The van der Waals surface area contributed by atoms with E-state index in [9.17, 15) is 8.78 Å². The third-order valence-electron chi connectivity index (χ3n) is 1.33. The lowest BCUT2D eigenvalue weighted by Gasteiger charge is -2.01. The lowest BCUT2D eigenvalue weighted by atomic mass is 10.2. The molecule has 0 atom stereocenters. The van der Waals surface area contributed by atoms with E-state index in [1.54, 1.807) is 0 Å². The molecule has 1 aromatic rings. The molecule has 1 aromatic carbocycles. The molecule has 0 bridgehead atoms. The standard InChI is InChI=1S/C7H7F2NO.ClH/c8-5-1-4(3-10)7(11)6(9)2-5;/h1-2,11H,3,10H2;1H. The smallest absolute Gasteiger partial charge is 0.168 e. The Morgan fingerprint density at radius 3 is 2.42 bits per heavy atom. The van der Waals surface area contributed by atoms with Crippen molar-refractivity contribution in [2.75, 3.05) is 0 Å². The molecular weight excluding hydrogens is 188 g/mol. The van der Waals surface area contributed by atoms with Crippen molar-refractivity contribution in [3.8, 4) is 5.75 Å². The maximum atomic E-state index is 12.5. The number of benzene rings is 1. The highest BCUT2D eigenvalue weighted by Gasteiger charge is 2.07. The van der Waals surface area contributed by atoms with E-state index in [0.29, 0.717) is 6.07 Å². The molecule has 0 saturated carbocycles. The maximum Gasteiger partial charge on any atom is 0.168 e. The van der Waals surface area contributed by atoms with E-state index in [2.05, 4.69) is 0 Å². The second kappa shape index (κ2) is 4.23. The molecule has 0 aliphatic heterocycles. The third kappa shape index (κ3) is 2.06. The lowest BCUT2D eigenvalue weighted by molar-refractivity contribution is 0.421. The summed E-state index contributed by atoms with van der Waals surface area (Å²) in [6.45, 7) is -0.0828.